The number of anilines is 1. The summed E-state index contributed by atoms with van der Waals surface area (Å²) in [6.45, 7) is 6.28. The summed E-state index contributed by atoms with van der Waals surface area (Å²) in [5.74, 6) is -0.141. The van der Waals surface area contributed by atoms with Crippen LogP contribution in [0.15, 0.2) is 61.3 Å². The molecule has 0 aliphatic heterocycles. The molecule has 0 bridgehead atoms. The highest BCUT2D eigenvalue weighted by Crippen LogP contribution is 2.22. The quantitative estimate of drug-likeness (QED) is 0.798. The molecule has 0 saturated carbocycles. The van der Waals surface area contributed by atoms with Crippen LogP contribution >= 0.6 is 0 Å². The lowest BCUT2D eigenvalue weighted by atomic mass is 9.91. The Kier molecular flexibility index (Phi) is 4.16. The van der Waals surface area contributed by atoms with Gasteiger partial charge in [0.1, 0.15) is 0 Å². The zero-order valence-electron chi connectivity index (χ0n) is 14.0. The van der Waals surface area contributed by atoms with E-state index < -0.39 is 0 Å². The minimum absolute atomic E-state index is 0.0623. The van der Waals surface area contributed by atoms with E-state index in [1.807, 2.05) is 29.0 Å². The fourth-order valence-corrected chi connectivity index (χ4v) is 2.32. The van der Waals surface area contributed by atoms with Crippen molar-refractivity contribution in [1.82, 2.24) is 14.5 Å². The van der Waals surface area contributed by atoms with Crippen molar-refractivity contribution < 1.29 is 4.79 Å². The number of hydrogen-bond donors (Lipinski definition) is 1. The van der Waals surface area contributed by atoms with Gasteiger partial charge in [-0.15, -0.1) is 0 Å². The van der Waals surface area contributed by atoms with Crippen LogP contribution < -0.4 is 5.32 Å². The van der Waals surface area contributed by atoms with Crippen LogP contribution in [-0.4, -0.2) is 20.4 Å². The van der Waals surface area contributed by atoms with Gasteiger partial charge in [-0.2, -0.15) is 0 Å². The number of benzene rings is 1. The zero-order valence-corrected chi connectivity index (χ0v) is 14.0. The molecule has 0 saturated heterocycles. The maximum Gasteiger partial charge on any atom is 0.255 e. The van der Waals surface area contributed by atoms with Crippen LogP contribution in [0.4, 0.5) is 5.69 Å². The van der Waals surface area contributed by atoms with Gasteiger partial charge in [0.05, 0.1) is 6.33 Å². The van der Waals surface area contributed by atoms with Crippen molar-refractivity contribution >= 4 is 11.6 Å². The lowest BCUT2D eigenvalue weighted by Gasteiger charge is -2.18. The van der Waals surface area contributed by atoms with Gasteiger partial charge < -0.3 is 9.88 Å². The molecular formula is C19H20N4O. The molecule has 0 aliphatic carbocycles. The van der Waals surface area contributed by atoms with Crippen molar-refractivity contribution in [3.63, 3.8) is 0 Å². The molecule has 0 aliphatic rings. The first-order valence-electron chi connectivity index (χ1n) is 7.80. The Morgan fingerprint density at radius 2 is 1.83 bits per heavy atom. The summed E-state index contributed by atoms with van der Waals surface area (Å²) in [6, 6.07) is 11.1. The van der Waals surface area contributed by atoms with Crippen molar-refractivity contribution in [2.75, 3.05) is 5.32 Å². The Morgan fingerprint density at radius 1 is 1.08 bits per heavy atom. The summed E-state index contributed by atoms with van der Waals surface area (Å²) in [5.41, 5.74) is 3.19. The van der Waals surface area contributed by atoms with Crippen LogP contribution in [0.2, 0.25) is 0 Å². The number of carbonyl (C=O) groups excluding carboxylic acids is 1. The third-order valence-electron chi connectivity index (χ3n) is 3.72. The predicted molar refractivity (Wildman–Crippen MR) is 94.5 cm³/mol. The molecule has 5 heteroatoms. The van der Waals surface area contributed by atoms with Crippen LogP contribution in [-0.2, 0) is 5.41 Å². The van der Waals surface area contributed by atoms with E-state index in [-0.39, 0.29) is 11.3 Å². The number of amides is 1. The molecule has 1 aromatic carbocycles. The van der Waals surface area contributed by atoms with E-state index in [4.69, 9.17) is 0 Å². The third kappa shape index (κ3) is 3.51. The zero-order chi connectivity index (χ0) is 17.2. The largest absolute Gasteiger partial charge is 0.322 e. The fourth-order valence-electron chi connectivity index (χ4n) is 2.32. The Labute approximate surface area is 141 Å². The van der Waals surface area contributed by atoms with Crippen LogP contribution in [0.5, 0.6) is 0 Å². The average Bonchev–Trinajstić information content (AvgIpc) is 3.09. The van der Waals surface area contributed by atoms with Crippen LogP contribution in [0, 0.1) is 0 Å². The third-order valence-corrected chi connectivity index (χ3v) is 3.72. The second-order valence-electron chi connectivity index (χ2n) is 6.65. The summed E-state index contributed by atoms with van der Waals surface area (Å²) < 4.78 is 1.89. The topological polar surface area (TPSA) is 59.8 Å². The normalized spacial score (nSPS) is 11.3. The summed E-state index contributed by atoms with van der Waals surface area (Å²) in [7, 11) is 0. The second-order valence-corrected chi connectivity index (χ2v) is 6.65. The molecule has 3 rings (SSSR count). The van der Waals surface area contributed by atoms with E-state index in [0.29, 0.717) is 5.56 Å². The van der Waals surface area contributed by atoms with Crippen LogP contribution in [0.1, 0.15) is 36.8 Å². The van der Waals surface area contributed by atoms with E-state index in [0.717, 1.165) is 17.1 Å². The van der Waals surface area contributed by atoms with Crippen molar-refractivity contribution in [2.45, 2.75) is 26.2 Å². The van der Waals surface area contributed by atoms with E-state index in [9.17, 15) is 4.79 Å². The molecule has 0 radical (unpaired) electrons. The first-order valence-corrected chi connectivity index (χ1v) is 7.80. The molecule has 5 nitrogen and oxygen atoms in total. The second kappa shape index (κ2) is 6.28. The first kappa shape index (κ1) is 15.9. The Balaban J connectivity index is 1.76. The van der Waals surface area contributed by atoms with Crippen LogP contribution in [0.3, 0.4) is 0 Å². The van der Waals surface area contributed by atoms with E-state index in [1.54, 1.807) is 36.9 Å². The minimum atomic E-state index is -0.141. The van der Waals surface area contributed by atoms with Gasteiger partial charge in [0, 0.05) is 46.6 Å². The van der Waals surface area contributed by atoms with Gasteiger partial charge in [-0.1, -0.05) is 20.8 Å². The Morgan fingerprint density at radius 3 is 2.46 bits per heavy atom. The number of nitrogens with one attached hydrogen (secondary N) is 1. The van der Waals surface area contributed by atoms with Gasteiger partial charge in [0.15, 0.2) is 0 Å². The van der Waals surface area contributed by atoms with Crippen molar-refractivity contribution in [3.05, 3.63) is 72.6 Å². The Hall–Kier alpha value is -2.95. The molecule has 0 fully saturated rings. The van der Waals surface area contributed by atoms with Crippen molar-refractivity contribution in [3.8, 4) is 5.69 Å². The molecule has 0 unspecified atom stereocenters. The van der Waals surface area contributed by atoms with Gasteiger partial charge in [-0.05, 0) is 36.4 Å². The van der Waals surface area contributed by atoms with Gasteiger partial charge in [0.25, 0.3) is 5.91 Å². The smallest absolute Gasteiger partial charge is 0.255 e. The first-order chi connectivity index (χ1) is 11.4. The number of carbonyl (C=O) groups is 1. The maximum absolute atomic E-state index is 12.4. The fraction of sp³-hybridized carbons (Fsp3) is 0.211. The number of imidazole rings is 1. The predicted octanol–water partition coefficient (Wildman–Crippen LogP) is 3.82. The van der Waals surface area contributed by atoms with E-state index in [2.05, 4.69) is 36.1 Å². The minimum Gasteiger partial charge on any atom is -0.322 e. The molecule has 3 aromatic rings. The Bertz CT molecular complexity index is 831. The van der Waals surface area contributed by atoms with Crippen molar-refractivity contribution in [1.29, 1.82) is 0 Å². The van der Waals surface area contributed by atoms with Crippen LogP contribution in [0.25, 0.3) is 5.69 Å². The summed E-state index contributed by atoms with van der Waals surface area (Å²) >= 11 is 0. The molecule has 1 amide bonds. The molecule has 24 heavy (non-hydrogen) atoms. The summed E-state index contributed by atoms with van der Waals surface area (Å²) in [4.78, 5) is 20.8. The highest BCUT2D eigenvalue weighted by Gasteiger charge is 2.16. The van der Waals surface area contributed by atoms with Gasteiger partial charge in [0.2, 0.25) is 0 Å². The molecular weight excluding hydrogens is 300 g/mol. The molecule has 1 N–H and O–H groups in total. The summed E-state index contributed by atoms with van der Waals surface area (Å²) in [5, 5.41) is 2.93. The SMILES string of the molecule is CC(C)(C)c1cc(NC(=O)c2ccc(-n3ccnc3)cc2)ccn1. The number of aromatic nitrogens is 3. The highest BCUT2D eigenvalue weighted by molar-refractivity contribution is 6.04. The standard InChI is InChI=1S/C19H20N4O/c1-19(2,3)17-12-15(8-9-21-17)22-18(24)14-4-6-16(7-5-14)23-11-10-20-13-23/h4-13H,1-3H3,(H,21,22,24). The molecule has 0 atom stereocenters. The van der Waals surface area contributed by atoms with Crippen molar-refractivity contribution in [2.24, 2.45) is 0 Å². The van der Waals surface area contributed by atoms with E-state index >= 15 is 0 Å². The maximum atomic E-state index is 12.4. The molecule has 2 aromatic heterocycles. The summed E-state index contributed by atoms with van der Waals surface area (Å²) in [6.07, 6.45) is 7.02. The molecule has 2 heterocycles. The average molecular weight is 320 g/mol. The number of nitrogens with zero attached hydrogens (tertiary/aromatic N) is 3. The lowest BCUT2D eigenvalue weighted by Crippen LogP contribution is -2.16. The van der Waals surface area contributed by atoms with Gasteiger partial charge in [-0.3, -0.25) is 9.78 Å². The number of rotatable bonds is 3. The lowest BCUT2D eigenvalue weighted by molar-refractivity contribution is 0.102. The van der Waals surface area contributed by atoms with E-state index in [1.165, 1.54) is 0 Å². The van der Waals surface area contributed by atoms with Gasteiger partial charge >= 0.3 is 0 Å². The number of pyridine rings is 1. The number of hydrogen-bond acceptors (Lipinski definition) is 3. The molecule has 122 valence electrons. The monoisotopic (exact) mass is 320 g/mol. The highest BCUT2D eigenvalue weighted by atomic mass is 16.1. The van der Waals surface area contributed by atoms with Gasteiger partial charge in [-0.25, -0.2) is 4.98 Å². The molecule has 0 spiro atoms.